The van der Waals surface area contributed by atoms with Crippen molar-refractivity contribution in [2.75, 3.05) is 6.61 Å². The summed E-state index contributed by atoms with van der Waals surface area (Å²) in [6.45, 7) is 1.87. The molecule has 0 saturated carbocycles. The Hall–Kier alpha value is -2.47. The molecule has 3 aromatic rings. The monoisotopic (exact) mass is 313 g/mol. The Morgan fingerprint density at radius 2 is 2.09 bits per heavy atom. The number of benzene rings is 1. The second kappa shape index (κ2) is 6.53. The lowest BCUT2D eigenvalue weighted by Gasteiger charge is -2.14. The molecule has 0 aliphatic carbocycles. The van der Waals surface area contributed by atoms with Crippen LogP contribution >= 0.6 is 11.3 Å². The Kier molecular flexibility index (Phi) is 4.29. The minimum absolute atomic E-state index is 0.0659. The van der Waals surface area contributed by atoms with Gasteiger partial charge in [0.25, 0.3) is 5.91 Å². The molecule has 0 bridgehead atoms. The molecule has 22 heavy (non-hydrogen) atoms. The molecule has 0 radical (unpaired) electrons. The number of fused-ring (bicyclic) bond motifs is 1. The van der Waals surface area contributed by atoms with E-state index in [0.717, 1.165) is 15.8 Å². The molecule has 1 atom stereocenters. The molecular formula is C16H15N3O2S. The van der Waals surface area contributed by atoms with E-state index in [1.54, 1.807) is 0 Å². The number of carbonyl (C=O) groups is 1. The second-order valence-corrected chi connectivity index (χ2v) is 5.70. The highest BCUT2D eigenvalue weighted by atomic mass is 32.1. The average Bonchev–Trinajstić information content (AvgIpc) is 3.03. The topological polar surface area (TPSA) is 64.1 Å². The van der Waals surface area contributed by atoms with Gasteiger partial charge in [-0.2, -0.15) is 0 Å². The van der Waals surface area contributed by atoms with E-state index in [9.17, 15) is 4.79 Å². The van der Waals surface area contributed by atoms with Crippen molar-refractivity contribution in [3.63, 3.8) is 0 Å². The van der Waals surface area contributed by atoms with Crippen LogP contribution in [-0.2, 0) is 4.79 Å². The first-order valence-corrected chi connectivity index (χ1v) is 7.77. The van der Waals surface area contributed by atoms with Crippen molar-refractivity contribution >= 4 is 27.5 Å². The van der Waals surface area contributed by atoms with Crippen molar-refractivity contribution in [2.45, 2.75) is 13.0 Å². The van der Waals surface area contributed by atoms with Gasteiger partial charge in [0.2, 0.25) is 5.88 Å². The smallest absolute Gasteiger partial charge is 0.258 e. The zero-order valence-corrected chi connectivity index (χ0v) is 12.8. The van der Waals surface area contributed by atoms with Crippen LogP contribution in [0.3, 0.4) is 0 Å². The normalized spacial score (nSPS) is 12.0. The first-order valence-electron chi connectivity index (χ1n) is 6.89. The number of nitrogens with one attached hydrogen (secondary N) is 1. The van der Waals surface area contributed by atoms with Crippen molar-refractivity contribution in [2.24, 2.45) is 0 Å². The summed E-state index contributed by atoms with van der Waals surface area (Å²) in [5, 5.41) is 5.65. The van der Waals surface area contributed by atoms with Crippen LogP contribution in [0.15, 0.2) is 48.1 Å². The lowest BCUT2D eigenvalue weighted by molar-refractivity contribution is -0.123. The third-order valence-electron chi connectivity index (χ3n) is 3.24. The first-order chi connectivity index (χ1) is 10.7. The first kappa shape index (κ1) is 14.5. The molecule has 0 aliphatic heterocycles. The van der Waals surface area contributed by atoms with Crippen molar-refractivity contribution < 1.29 is 9.53 Å². The van der Waals surface area contributed by atoms with Crippen LogP contribution in [0.1, 0.15) is 18.5 Å². The van der Waals surface area contributed by atoms with Gasteiger partial charge in [0.1, 0.15) is 11.2 Å². The predicted octanol–water partition coefficient (Wildman–Crippen LogP) is 2.95. The van der Waals surface area contributed by atoms with Crippen molar-refractivity contribution in [3.8, 4) is 5.88 Å². The van der Waals surface area contributed by atoms with Gasteiger partial charge in [0.05, 0.1) is 11.4 Å². The highest BCUT2D eigenvalue weighted by molar-refractivity contribution is 7.16. The Bertz CT molecular complexity index is 773. The summed E-state index contributed by atoms with van der Waals surface area (Å²) in [6, 6.07) is 11.6. The number of aromatic nitrogens is 2. The minimum Gasteiger partial charge on any atom is -0.467 e. The lowest BCUT2D eigenvalue weighted by Crippen LogP contribution is -2.31. The van der Waals surface area contributed by atoms with Crippen molar-refractivity contribution in [1.82, 2.24) is 15.3 Å². The minimum atomic E-state index is -0.182. The molecule has 3 rings (SSSR count). The Balaban J connectivity index is 1.60. The summed E-state index contributed by atoms with van der Waals surface area (Å²) in [5.74, 6) is 0.257. The van der Waals surface area contributed by atoms with Gasteiger partial charge in [-0.05, 0) is 23.9 Å². The van der Waals surface area contributed by atoms with Crippen LogP contribution in [0, 0.1) is 0 Å². The van der Waals surface area contributed by atoms with E-state index in [4.69, 9.17) is 4.74 Å². The highest BCUT2D eigenvalue weighted by Crippen LogP contribution is 2.25. The molecule has 5 nitrogen and oxygen atoms in total. The molecule has 1 unspecified atom stereocenters. The van der Waals surface area contributed by atoms with Crippen LogP contribution in [0.25, 0.3) is 10.2 Å². The van der Waals surface area contributed by atoms with Crippen LogP contribution in [0.2, 0.25) is 0 Å². The summed E-state index contributed by atoms with van der Waals surface area (Å²) in [7, 11) is 0. The van der Waals surface area contributed by atoms with Gasteiger partial charge in [0, 0.05) is 0 Å². The van der Waals surface area contributed by atoms with E-state index in [1.165, 1.54) is 17.7 Å². The van der Waals surface area contributed by atoms with Crippen LogP contribution in [-0.4, -0.2) is 22.5 Å². The van der Waals surface area contributed by atoms with Gasteiger partial charge >= 0.3 is 0 Å². The number of ether oxygens (including phenoxy) is 1. The van der Waals surface area contributed by atoms with Gasteiger partial charge in [-0.25, -0.2) is 9.97 Å². The molecule has 0 saturated heterocycles. The Morgan fingerprint density at radius 3 is 2.91 bits per heavy atom. The van der Waals surface area contributed by atoms with Crippen molar-refractivity contribution in [1.29, 1.82) is 0 Å². The fourth-order valence-corrected chi connectivity index (χ4v) is 2.85. The molecule has 1 aromatic carbocycles. The van der Waals surface area contributed by atoms with Gasteiger partial charge in [-0.3, -0.25) is 4.79 Å². The van der Waals surface area contributed by atoms with Gasteiger partial charge < -0.3 is 10.1 Å². The zero-order valence-electron chi connectivity index (χ0n) is 12.0. The standard InChI is InChI=1S/C16H15N3O2S/c1-11(12-5-3-2-4-6-12)19-14(20)9-21-15-13-7-8-22-16(13)18-10-17-15/h2-8,10-11H,9H2,1H3,(H,19,20). The van der Waals surface area contributed by atoms with Gasteiger partial charge in [-0.1, -0.05) is 30.3 Å². The molecule has 1 N–H and O–H groups in total. The zero-order chi connectivity index (χ0) is 15.4. The van der Waals surface area contributed by atoms with E-state index in [-0.39, 0.29) is 18.6 Å². The maximum atomic E-state index is 12.0. The van der Waals surface area contributed by atoms with Gasteiger partial charge in [0.15, 0.2) is 6.61 Å². The molecule has 6 heteroatoms. The van der Waals surface area contributed by atoms with E-state index < -0.39 is 0 Å². The number of hydrogen-bond acceptors (Lipinski definition) is 5. The maximum absolute atomic E-state index is 12.0. The second-order valence-electron chi connectivity index (χ2n) is 4.81. The molecular weight excluding hydrogens is 298 g/mol. The van der Waals surface area contributed by atoms with Crippen molar-refractivity contribution in [3.05, 3.63) is 53.7 Å². The largest absolute Gasteiger partial charge is 0.467 e. The molecule has 0 fully saturated rings. The molecule has 2 heterocycles. The summed E-state index contributed by atoms with van der Waals surface area (Å²) < 4.78 is 5.52. The number of hydrogen-bond donors (Lipinski definition) is 1. The SMILES string of the molecule is CC(NC(=O)COc1ncnc2sccc12)c1ccccc1. The van der Waals surface area contributed by atoms with E-state index in [2.05, 4.69) is 15.3 Å². The molecule has 2 aromatic heterocycles. The maximum Gasteiger partial charge on any atom is 0.258 e. The van der Waals surface area contributed by atoms with E-state index in [0.29, 0.717) is 5.88 Å². The summed E-state index contributed by atoms with van der Waals surface area (Å²) in [5.41, 5.74) is 1.05. The van der Waals surface area contributed by atoms with Gasteiger partial charge in [-0.15, -0.1) is 11.3 Å². The van der Waals surface area contributed by atoms with Crippen LogP contribution in [0.5, 0.6) is 5.88 Å². The fourth-order valence-electron chi connectivity index (χ4n) is 2.12. The van der Waals surface area contributed by atoms with Crippen LogP contribution < -0.4 is 10.1 Å². The number of thiophene rings is 1. The molecule has 0 spiro atoms. The summed E-state index contributed by atoms with van der Waals surface area (Å²) in [6.07, 6.45) is 1.44. The molecule has 0 aliphatic rings. The summed E-state index contributed by atoms with van der Waals surface area (Å²) in [4.78, 5) is 21.1. The average molecular weight is 313 g/mol. The number of amides is 1. The quantitative estimate of drug-likeness (QED) is 0.786. The highest BCUT2D eigenvalue weighted by Gasteiger charge is 2.11. The number of carbonyl (C=O) groups excluding carboxylic acids is 1. The Morgan fingerprint density at radius 1 is 1.27 bits per heavy atom. The third-order valence-corrected chi connectivity index (χ3v) is 4.06. The molecule has 112 valence electrons. The van der Waals surface area contributed by atoms with E-state index >= 15 is 0 Å². The third kappa shape index (κ3) is 3.23. The Labute approximate surface area is 132 Å². The van der Waals surface area contributed by atoms with Crippen LogP contribution in [0.4, 0.5) is 0 Å². The number of nitrogens with zero attached hydrogens (tertiary/aromatic N) is 2. The fraction of sp³-hybridized carbons (Fsp3) is 0.188. The predicted molar refractivity (Wildman–Crippen MR) is 85.9 cm³/mol. The number of rotatable bonds is 5. The summed E-state index contributed by atoms with van der Waals surface area (Å²) >= 11 is 1.51. The van der Waals surface area contributed by atoms with E-state index in [1.807, 2.05) is 48.7 Å². The lowest BCUT2D eigenvalue weighted by atomic mass is 10.1. The molecule has 1 amide bonds.